The molecular formula is C21H14FN3. The molecule has 0 aliphatic heterocycles. The Kier molecular flexibility index (Phi) is 3.75. The van der Waals surface area contributed by atoms with Crippen molar-refractivity contribution in [2.75, 3.05) is 0 Å². The van der Waals surface area contributed by atoms with E-state index in [1.807, 2.05) is 24.3 Å². The van der Waals surface area contributed by atoms with Crippen molar-refractivity contribution in [1.29, 1.82) is 5.26 Å². The van der Waals surface area contributed by atoms with Crippen LogP contribution >= 0.6 is 0 Å². The molecule has 4 rings (SSSR count). The Hall–Kier alpha value is -3.45. The summed E-state index contributed by atoms with van der Waals surface area (Å²) in [4.78, 5) is 4.71. The first kappa shape index (κ1) is 15.1. The van der Waals surface area contributed by atoms with Crippen molar-refractivity contribution in [2.45, 2.75) is 6.54 Å². The van der Waals surface area contributed by atoms with E-state index < -0.39 is 0 Å². The summed E-state index contributed by atoms with van der Waals surface area (Å²) in [5, 5.41) is 9.13. The fourth-order valence-corrected chi connectivity index (χ4v) is 2.94. The number of rotatable bonds is 3. The summed E-state index contributed by atoms with van der Waals surface area (Å²) >= 11 is 0. The lowest BCUT2D eigenvalue weighted by Gasteiger charge is -2.10. The van der Waals surface area contributed by atoms with Crippen molar-refractivity contribution in [3.63, 3.8) is 0 Å². The van der Waals surface area contributed by atoms with Gasteiger partial charge in [-0.3, -0.25) is 0 Å². The van der Waals surface area contributed by atoms with Crippen LogP contribution in [0.3, 0.4) is 0 Å². The lowest BCUT2D eigenvalue weighted by atomic mass is 10.2. The SMILES string of the molecule is N#Cc1ccc2c(c1)nc(-c1ccc(F)cc1)n2Cc1ccccc1. The van der Waals surface area contributed by atoms with Gasteiger partial charge in [-0.25, -0.2) is 9.37 Å². The number of hydrogen-bond acceptors (Lipinski definition) is 2. The molecule has 0 aliphatic rings. The molecule has 4 aromatic rings. The van der Waals surface area contributed by atoms with E-state index >= 15 is 0 Å². The van der Waals surface area contributed by atoms with Crippen LogP contribution in [0.2, 0.25) is 0 Å². The highest BCUT2D eigenvalue weighted by atomic mass is 19.1. The molecule has 0 aliphatic carbocycles. The molecule has 0 fully saturated rings. The van der Waals surface area contributed by atoms with Crippen LogP contribution in [0.4, 0.5) is 4.39 Å². The van der Waals surface area contributed by atoms with Gasteiger partial charge >= 0.3 is 0 Å². The lowest BCUT2D eigenvalue weighted by molar-refractivity contribution is 0.628. The van der Waals surface area contributed by atoms with E-state index in [9.17, 15) is 4.39 Å². The first-order valence-electron chi connectivity index (χ1n) is 7.95. The number of nitrogens with zero attached hydrogens (tertiary/aromatic N) is 3. The summed E-state index contributed by atoms with van der Waals surface area (Å²) < 4.78 is 15.4. The van der Waals surface area contributed by atoms with Crippen molar-refractivity contribution in [3.8, 4) is 17.5 Å². The van der Waals surface area contributed by atoms with Crippen LogP contribution in [0.15, 0.2) is 72.8 Å². The Morgan fingerprint density at radius 1 is 0.960 bits per heavy atom. The molecular weight excluding hydrogens is 313 g/mol. The minimum absolute atomic E-state index is 0.277. The topological polar surface area (TPSA) is 41.6 Å². The zero-order chi connectivity index (χ0) is 17.2. The van der Waals surface area contributed by atoms with E-state index in [1.165, 1.54) is 12.1 Å². The molecule has 0 radical (unpaired) electrons. The maximum Gasteiger partial charge on any atom is 0.141 e. The maximum atomic E-state index is 13.3. The fraction of sp³-hybridized carbons (Fsp3) is 0.0476. The number of halogens is 1. The van der Waals surface area contributed by atoms with Crippen LogP contribution < -0.4 is 0 Å². The molecule has 3 aromatic carbocycles. The monoisotopic (exact) mass is 327 g/mol. The van der Waals surface area contributed by atoms with Crippen molar-refractivity contribution < 1.29 is 4.39 Å². The Bertz CT molecular complexity index is 1070. The molecule has 0 saturated heterocycles. The van der Waals surface area contributed by atoms with Crippen LogP contribution in [-0.4, -0.2) is 9.55 Å². The Morgan fingerprint density at radius 3 is 2.44 bits per heavy atom. The van der Waals surface area contributed by atoms with Gasteiger partial charge in [-0.2, -0.15) is 5.26 Å². The van der Waals surface area contributed by atoms with Crippen LogP contribution in [0.1, 0.15) is 11.1 Å². The van der Waals surface area contributed by atoms with E-state index in [1.54, 1.807) is 24.3 Å². The number of fused-ring (bicyclic) bond motifs is 1. The van der Waals surface area contributed by atoms with Gasteiger partial charge in [0.25, 0.3) is 0 Å². The van der Waals surface area contributed by atoms with E-state index in [0.29, 0.717) is 12.1 Å². The van der Waals surface area contributed by atoms with Crippen molar-refractivity contribution in [1.82, 2.24) is 9.55 Å². The third-order valence-corrected chi connectivity index (χ3v) is 4.16. The second-order valence-electron chi connectivity index (χ2n) is 5.83. The molecule has 0 unspecified atom stereocenters. The van der Waals surface area contributed by atoms with Crippen molar-refractivity contribution in [2.24, 2.45) is 0 Å². The molecule has 1 heterocycles. The summed E-state index contributed by atoms with van der Waals surface area (Å²) in [6.45, 7) is 0.649. The number of benzene rings is 3. The van der Waals surface area contributed by atoms with Crippen LogP contribution in [0.5, 0.6) is 0 Å². The highest BCUT2D eigenvalue weighted by Gasteiger charge is 2.13. The van der Waals surface area contributed by atoms with Crippen LogP contribution in [0.25, 0.3) is 22.4 Å². The van der Waals surface area contributed by atoms with Gasteiger partial charge in [-0.05, 0) is 48.0 Å². The quantitative estimate of drug-likeness (QED) is 0.544. The highest BCUT2D eigenvalue weighted by molar-refractivity contribution is 5.82. The van der Waals surface area contributed by atoms with Crippen LogP contribution in [0, 0.1) is 17.1 Å². The average Bonchev–Trinajstić information content (AvgIpc) is 3.01. The number of imidazole rings is 1. The Balaban J connectivity index is 1.91. The van der Waals surface area contributed by atoms with Gasteiger partial charge in [0, 0.05) is 12.1 Å². The van der Waals surface area contributed by atoms with E-state index in [0.717, 1.165) is 28.0 Å². The van der Waals surface area contributed by atoms with Crippen molar-refractivity contribution >= 4 is 11.0 Å². The summed E-state index contributed by atoms with van der Waals surface area (Å²) in [5.74, 6) is 0.482. The highest BCUT2D eigenvalue weighted by Crippen LogP contribution is 2.27. The zero-order valence-electron chi connectivity index (χ0n) is 13.4. The smallest absolute Gasteiger partial charge is 0.141 e. The molecule has 4 heteroatoms. The molecule has 0 amide bonds. The number of nitriles is 1. The summed E-state index contributed by atoms with van der Waals surface area (Å²) in [6, 6.07) is 24.0. The third-order valence-electron chi connectivity index (χ3n) is 4.16. The Labute approximate surface area is 144 Å². The predicted molar refractivity (Wildman–Crippen MR) is 95.4 cm³/mol. The summed E-state index contributed by atoms with van der Waals surface area (Å²) in [5.41, 5.74) is 4.26. The summed E-state index contributed by atoms with van der Waals surface area (Å²) in [6.07, 6.45) is 0. The second-order valence-corrected chi connectivity index (χ2v) is 5.83. The van der Waals surface area contributed by atoms with Gasteiger partial charge in [0.1, 0.15) is 11.6 Å². The first-order valence-corrected chi connectivity index (χ1v) is 7.95. The van der Waals surface area contributed by atoms with E-state index in [4.69, 9.17) is 10.2 Å². The van der Waals surface area contributed by atoms with Crippen LogP contribution in [-0.2, 0) is 6.54 Å². The first-order chi connectivity index (χ1) is 12.2. The molecule has 0 saturated carbocycles. The molecule has 120 valence electrons. The largest absolute Gasteiger partial charge is 0.319 e. The Morgan fingerprint density at radius 2 is 1.72 bits per heavy atom. The molecule has 0 N–H and O–H groups in total. The van der Waals surface area contributed by atoms with E-state index in [2.05, 4.69) is 22.8 Å². The minimum atomic E-state index is -0.277. The third kappa shape index (κ3) is 2.88. The maximum absolute atomic E-state index is 13.3. The molecule has 3 nitrogen and oxygen atoms in total. The average molecular weight is 327 g/mol. The fourth-order valence-electron chi connectivity index (χ4n) is 2.94. The van der Waals surface area contributed by atoms with Gasteiger partial charge in [-0.15, -0.1) is 0 Å². The lowest BCUT2D eigenvalue weighted by Crippen LogP contribution is -2.02. The van der Waals surface area contributed by atoms with E-state index in [-0.39, 0.29) is 5.82 Å². The molecule has 25 heavy (non-hydrogen) atoms. The number of hydrogen-bond donors (Lipinski definition) is 0. The second kappa shape index (κ2) is 6.21. The van der Waals surface area contributed by atoms with Gasteiger partial charge in [0.15, 0.2) is 0 Å². The molecule has 1 aromatic heterocycles. The molecule has 0 atom stereocenters. The minimum Gasteiger partial charge on any atom is -0.319 e. The summed E-state index contributed by atoms with van der Waals surface area (Å²) in [7, 11) is 0. The molecule has 0 spiro atoms. The normalized spacial score (nSPS) is 10.7. The van der Waals surface area contributed by atoms with Crippen molar-refractivity contribution in [3.05, 3.63) is 89.7 Å². The van der Waals surface area contributed by atoms with Gasteiger partial charge in [-0.1, -0.05) is 30.3 Å². The van der Waals surface area contributed by atoms with Gasteiger partial charge in [0.2, 0.25) is 0 Å². The predicted octanol–water partition coefficient (Wildman–Crippen LogP) is 4.76. The standard InChI is InChI=1S/C21H14FN3/c22-18-9-7-17(8-10-18)21-24-19-12-16(13-23)6-11-20(19)25(21)14-15-4-2-1-3-5-15/h1-12H,14H2. The van der Waals surface area contributed by atoms with Gasteiger partial charge in [0.05, 0.1) is 22.7 Å². The molecule has 0 bridgehead atoms. The zero-order valence-corrected chi connectivity index (χ0v) is 13.4. The number of aromatic nitrogens is 2. The van der Waals surface area contributed by atoms with Gasteiger partial charge < -0.3 is 4.57 Å².